The van der Waals surface area contributed by atoms with Crippen molar-refractivity contribution in [1.82, 2.24) is 20.0 Å². The molecule has 1 amide bonds. The topological polar surface area (TPSA) is 59.4 Å². The number of hydrogen-bond donors (Lipinski definition) is 1. The second-order valence-electron chi connectivity index (χ2n) is 9.53. The molecule has 6 nitrogen and oxygen atoms in total. The highest BCUT2D eigenvalue weighted by atomic mass is 79.9. The summed E-state index contributed by atoms with van der Waals surface area (Å²) in [5.74, 6) is 0. The lowest BCUT2D eigenvalue weighted by Crippen LogP contribution is -2.47. The first-order chi connectivity index (χ1) is 14.1. The molecule has 2 aliphatic rings. The Morgan fingerprint density at radius 2 is 2.10 bits per heavy atom. The van der Waals surface area contributed by atoms with Gasteiger partial charge < -0.3 is 10.1 Å². The zero-order chi connectivity index (χ0) is 21.7. The van der Waals surface area contributed by atoms with Gasteiger partial charge in [0.15, 0.2) is 0 Å². The first kappa shape index (κ1) is 21.4. The third-order valence-electron chi connectivity index (χ3n) is 6.00. The van der Waals surface area contributed by atoms with E-state index in [-0.39, 0.29) is 17.6 Å². The summed E-state index contributed by atoms with van der Waals surface area (Å²) in [7, 11) is 1.95. The largest absolute Gasteiger partial charge is 0.444 e. The smallest absolute Gasteiger partial charge is 0.410 e. The van der Waals surface area contributed by atoms with Gasteiger partial charge in [-0.15, -0.1) is 0 Å². The van der Waals surface area contributed by atoms with Crippen LogP contribution in [0.15, 0.2) is 28.7 Å². The minimum atomic E-state index is -0.511. The van der Waals surface area contributed by atoms with E-state index in [1.807, 2.05) is 32.7 Å². The van der Waals surface area contributed by atoms with Crippen LogP contribution in [-0.2, 0) is 29.8 Å². The third kappa shape index (κ3) is 3.89. The number of ether oxygens (including phenoxy) is 1. The average molecular weight is 475 g/mol. The summed E-state index contributed by atoms with van der Waals surface area (Å²) in [4.78, 5) is 14.8. The summed E-state index contributed by atoms with van der Waals surface area (Å²) in [6, 6.07) is 8.62. The fraction of sp³-hybridized carbons (Fsp3) is 0.565. The minimum Gasteiger partial charge on any atom is -0.444 e. The van der Waals surface area contributed by atoms with Crippen LogP contribution in [0.2, 0.25) is 0 Å². The third-order valence-corrected chi connectivity index (χ3v) is 6.49. The van der Waals surface area contributed by atoms with E-state index in [4.69, 9.17) is 9.84 Å². The Morgan fingerprint density at radius 1 is 1.37 bits per heavy atom. The zero-order valence-corrected chi connectivity index (χ0v) is 20.0. The van der Waals surface area contributed by atoms with Crippen molar-refractivity contribution in [3.8, 4) is 0 Å². The number of amides is 1. The highest BCUT2D eigenvalue weighted by Crippen LogP contribution is 2.56. The van der Waals surface area contributed by atoms with Gasteiger partial charge in [-0.25, -0.2) is 4.79 Å². The molecule has 1 atom stereocenters. The van der Waals surface area contributed by atoms with Gasteiger partial charge in [-0.1, -0.05) is 28.1 Å². The molecule has 2 aromatic rings. The van der Waals surface area contributed by atoms with Crippen molar-refractivity contribution in [1.29, 1.82) is 0 Å². The van der Waals surface area contributed by atoms with E-state index >= 15 is 0 Å². The number of halogens is 1. The van der Waals surface area contributed by atoms with Gasteiger partial charge in [-0.05, 0) is 65.3 Å². The Bertz CT molecular complexity index is 959. The van der Waals surface area contributed by atoms with Gasteiger partial charge in [0.05, 0.1) is 30.5 Å². The maximum Gasteiger partial charge on any atom is 0.410 e. The number of fused-ring (bicyclic) bond motifs is 1. The molecule has 1 unspecified atom stereocenters. The molecule has 1 aliphatic carbocycles. The molecule has 0 bridgehead atoms. The lowest BCUT2D eigenvalue weighted by atomic mass is 9.85. The Balaban J connectivity index is 1.76. The fourth-order valence-electron chi connectivity index (χ4n) is 4.53. The fourth-order valence-corrected chi connectivity index (χ4v) is 4.93. The Kier molecular flexibility index (Phi) is 5.47. The Morgan fingerprint density at radius 3 is 2.70 bits per heavy atom. The van der Waals surface area contributed by atoms with E-state index in [9.17, 15) is 4.79 Å². The van der Waals surface area contributed by atoms with Crippen LogP contribution in [-0.4, -0.2) is 39.5 Å². The van der Waals surface area contributed by atoms with E-state index in [1.54, 1.807) is 0 Å². The maximum absolute atomic E-state index is 12.9. The van der Waals surface area contributed by atoms with Crippen LogP contribution in [0.5, 0.6) is 0 Å². The van der Waals surface area contributed by atoms with E-state index in [1.165, 1.54) is 11.1 Å². The van der Waals surface area contributed by atoms with Crippen molar-refractivity contribution < 1.29 is 9.53 Å². The molecule has 1 saturated carbocycles. The van der Waals surface area contributed by atoms with Crippen LogP contribution < -0.4 is 5.32 Å². The normalized spacial score (nSPS) is 20.1. The van der Waals surface area contributed by atoms with Crippen molar-refractivity contribution in [2.24, 2.45) is 0 Å². The molecular weight excluding hydrogens is 444 g/mol. The molecule has 1 fully saturated rings. The van der Waals surface area contributed by atoms with Crippen LogP contribution in [0.25, 0.3) is 0 Å². The second-order valence-corrected chi connectivity index (χ2v) is 10.4. The first-order valence-corrected chi connectivity index (χ1v) is 11.4. The lowest BCUT2D eigenvalue weighted by molar-refractivity contribution is 0.00894. The molecule has 4 rings (SSSR count). The number of carbonyl (C=O) groups excluding carboxylic acids is 1. The summed E-state index contributed by atoms with van der Waals surface area (Å²) < 4.78 is 8.90. The lowest BCUT2D eigenvalue weighted by Gasteiger charge is -2.36. The molecule has 1 aromatic heterocycles. The molecule has 1 aromatic carbocycles. The van der Waals surface area contributed by atoms with Crippen molar-refractivity contribution >= 4 is 22.0 Å². The second kappa shape index (κ2) is 7.68. The van der Waals surface area contributed by atoms with Crippen molar-refractivity contribution in [3.05, 3.63) is 51.3 Å². The highest BCUT2D eigenvalue weighted by Gasteiger charge is 2.51. The number of benzene rings is 1. The van der Waals surface area contributed by atoms with Crippen molar-refractivity contribution in [2.75, 3.05) is 7.05 Å². The summed E-state index contributed by atoms with van der Waals surface area (Å²) in [6.45, 7) is 9.71. The molecule has 30 heavy (non-hydrogen) atoms. The van der Waals surface area contributed by atoms with Crippen LogP contribution in [0.4, 0.5) is 4.79 Å². The van der Waals surface area contributed by atoms with Gasteiger partial charge in [0.1, 0.15) is 5.60 Å². The summed E-state index contributed by atoms with van der Waals surface area (Å²) in [5.41, 5.74) is 4.29. The van der Waals surface area contributed by atoms with E-state index in [0.29, 0.717) is 19.6 Å². The van der Waals surface area contributed by atoms with Gasteiger partial charge in [0, 0.05) is 22.0 Å². The van der Waals surface area contributed by atoms with E-state index in [0.717, 1.165) is 28.7 Å². The average Bonchev–Trinajstić information content (AvgIpc) is 3.37. The molecule has 7 heteroatoms. The minimum absolute atomic E-state index is 0.0241. The van der Waals surface area contributed by atoms with E-state index in [2.05, 4.69) is 57.1 Å². The van der Waals surface area contributed by atoms with Crippen molar-refractivity contribution in [2.45, 2.75) is 77.2 Å². The van der Waals surface area contributed by atoms with Gasteiger partial charge in [0.2, 0.25) is 0 Å². The SMILES string of the molecule is CNCc1nn2c(c1C1(c3cccc(Br)c3)CC1)CN(C(=O)OC(C)(C)C)C(C)C2. The van der Waals surface area contributed by atoms with Crippen LogP contribution in [0.3, 0.4) is 0 Å². The Hall–Kier alpha value is -1.86. The van der Waals surface area contributed by atoms with Gasteiger partial charge >= 0.3 is 6.09 Å². The van der Waals surface area contributed by atoms with Crippen molar-refractivity contribution in [3.63, 3.8) is 0 Å². The van der Waals surface area contributed by atoms with Gasteiger partial charge in [0.25, 0.3) is 0 Å². The predicted octanol–water partition coefficient (Wildman–Crippen LogP) is 4.58. The molecular formula is C23H31BrN4O2. The van der Waals surface area contributed by atoms with Gasteiger partial charge in [-0.3, -0.25) is 9.58 Å². The van der Waals surface area contributed by atoms with Crippen LogP contribution >= 0.6 is 15.9 Å². The highest BCUT2D eigenvalue weighted by molar-refractivity contribution is 9.10. The molecule has 1 aliphatic heterocycles. The summed E-state index contributed by atoms with van der Waals surface area (Å²) in [5, 5.41) is 8.26. The zero-order valence-electron chi connectivity index (χ0n) is 18.5. The first-order valence-electron chi connectivity index (χ1n) is 10.6. The molecule has 1 N–H and O–H groups in total. The molecule has 162 valence electrons. The van der Waals surface area contributed by atoms with Gasteiger partial charge in [-0.2, -0.15) is 5.10 Å². The quantitative estimate of drug-likeness (QED) is 0.703. The monoisotopic (exact) mass is 474 g/mol. The maximum atomic E-state index is 12.9. The van der Waals surface area contributed by atoms with E-state index < -0.39 is 5.60 Å². The summed E-state index contributed by atoms with van der Waals surface area (Å²) >= 11 is 3.63. The number of nitrogens with one attached hydrogen (secondary N) is 1. The summed E-state index contributed by atoms with van der Waals surface area (Å²) in [6.07, 6.45) is 1.94. The molecule has 0 radical (unpaired) electrons. The number of carbonyl (C=O) groups is 1. The number of nitrogens with zero attached hydrogens (tertiary/aromatic N) is 3. The standard InChI is InChI=1S/C23H31BrN4O2/c1-15-13-28-19(14-27(15)21(29)30-22(2,3)4)20(18(26-28)12-25-5)23(9-10-23)16-7-6-8-17(24)11-16/h6-8,11,15,25H,9-10,12-14H2,1-5H3. The molecule has 0 spiro atoms. The molecule has 0 saturated heterocycles. The van der Waals surface area contributed by atoms with Crippen LogP contribution in [0, 0.1) is 0 Å². The molecule has 2 heterocycles. The predicted molar refractivity (Wildman–Crippen MR) is 120 cm³/mol. The van der Waals surface area contributed by atoms with Crippen LogP contribution in [0.1, 0.15) is 63.1 Å². The Labute approximate surface area is 187 Å². The number of hydrogen-bond acceptors (Lipinski definition) is 4. The number of aromatic nitrogens is 2. The number of rotatable bonds is 4.